The van der Waals surface area contributed by atoms with E-state index in [1.807, 2.05) is 0 Å². The van der Waals surface area contributed by atoms with Crippen LogP contribution in [0.2, 0.25) is 0 Å². The van der Waals surface area contributed by atoms with Gasteiger partial charge in [0.2, 0.25) is 0 Å². The van der Waals surface area contributed by atoms with Gasteiger partial charge >= 0.3 is 6.18 Å². The van der Waals surface area contributed by atoms with E-state index >= 15 is 0 Å². The Morgan fingerprint density at radius 2 is 1.62 bits per heavy atom. The highest BCUT2D eigenvalue weighted by molar-refractivity contribution is 5.57. The molecule has 0 heterocycles. The van der Waals surface area contributed by atoms with E-state index in [0.717, 1.165) is 0 Å². The van der Waals surface area contributed by atoms with Crippen LogP contribution in [0.3, 0.4) is 0 Å². The highest BCUT2D eigenvalue weighted by Gasteiger charge is 2.32. The molecule has 1 unspecified atom stereocenters. The topological polar surface area (TPSA) is 21.3 Å². The third-order valence-corrected chi connectivity index (χ3v) is 3.07. The molecule has 2 rings (SSSR count). The zero-order chi connectivity index (χ0) is 15.3. The minimum absolute atomic E-state index is 0.514. The van der Waals surface area contributed by atoms with E-state index in [1.165, 1.54) is 7.11 Å². The molecule has 1 N–H and O–H groups in total. The van der Waals surface area contributed by atoms with Gasteiger partial charge in [0.1, 0.15) is 5.75 Å². The SMILES string of the molecule is COc1ccccc1NC(CC(F)(F)F)c1ccccc1. The lowest BCUT2D eigenvalue weighted by molar-refractivity contribution is -0.137. The van der Waals surface area contributed by atoms with Gasteiger partial charge in [0.05, 0.1) is 25.3 Å². The Balaban J connectivity index is 2.28. The van der Waals surface area contributed by atoms with Crippen molar-refractivity contribution in [3.63, 3.8) is 0 Å². The summed E-state index contributed by atoms with van der Waals surface area (Å²) in [6.45, 7) is 0. The van der Waals surface area contributed by atoms with E-state index in [1.54, 1.807) is 54.6 Å². The Morgan fingerprint density at radius 3 is 2.24 bits per heavy atom. The van der Waals surface area contributed by atoms with Crippen LogP contribution in [0.25, 0.3) is 0 Å². The van der Waals surface area contributed by atoms with Gasteiger partial charge in [-0.15, -0.1) is 0 Å². The average Bonchev–Trinajstić information content (AvgIpc) is 2.47. The zero-order valence-electron chi connectivity index (χ0n) is 11.5. The van der Waals surface area contributed by atoms with Crippen molar-refractivity contribution in [2.45, 2.75) is 18.6 Å². The summed E-state index contributed by atoms with van der Waals surface area (Å²) in [7, 11) is 1.49. The summed E-state index contributed by atoms with van der Waals surface area (Å²) in [5.74, 6) is 0.514. The average molecular weight is 295 g/mol. The Labute approximate surface area is 121 Å². The minimum atomic E-state index is -4.25. The van der Waals surface area contributed by atoms with Crippen LogP contribution in [-0.4, -0.2) is 13.3 Å². The van der Waals surface area contributed by atoms with Crippen LogP contribution in [0.5, 0.6) is 5.75 Å². The molecule has 2 nitrogen and oxygen atoms in total. The molecule has 0 fully saturated rings. The fraction of sp³-hybridized carbons (Fsp3) is 0.250. The van der Waals surface area contributed by atoms with Gasteiger partial charge in [0.15, 0.2) is 0 Å². The number of nitrogens with one attached hydrogen (secondary N) is 1. The van der Waals surface area contributed by atoms with Crippen LogP contribution in [0.1, 0.15) is 18.0 Å². The fourth-order valence-corrected chi connectivity index (χ4v) is 2.12. The largest absolute Gasteiger partial charge is 0.495 e. The Hall–Kier alpha value is -2.17. The van der Waals surface area contributed by atoms with Gasteiger partial charge in [-0.2, -0.15) is 13.2 Å². The first kappa shape index (κ1) is 15.2. The number of alkyl halides is 3. The van der Waals surface area contributed by atoms with Crippen LogP contribution >= 0.6 is 0 Å². The standard InChI is InChI=1S/C16H16F3NO/c1-21-15-10-6-5-9-13(15)20-14(11-16(17,18)19)12-7-3-2-4-8-12/h2-10,14,20H,11H2,1H3. The van der Waals surface area contributed by atoms with Crippen LogP contribution in [0.4, 0.5) is 18.9 Å². The zero-order valence-corrected chi connectivity index (χ0v) is 11.5. The highest BCUT2D eigenvalue weighted by Crippen LogP contribution is 2.34. The van der Waals surface area contributed by atoms with Crippen molar-refractivity contribution in [2.24, 2.45) is 0 Å². The molecule has 0 aromatic heterocycles. The number of methoxy groups -OCH3 is 1. The number of rotatable bonds is 5. The summed E-state index contributed by atoms with van der Waals surface area (Å²) in [5, 5.41) is 2.93. The number of hydrogen-bond donors (Lipinski definition) is 1. The maximum atomic E-state index is 12.8. The predicted octanol–water partition coefficient (Wildman–Crippen LogP) is 4.80. The van der Waals surface area contributed by atoms with Crippen molar-refractivity contribution in [2.75, 3.05) is 12.4 Å². The maximum Gasteiger partial charge on any atom is 0.391 e. The van der Waals surface area contributed by atoms with Gasteiger partial charge in [0.25, 0.3) is 0 Å². The third-order valence-electron chi connectivity index (χ3n) is 3.07. The molecule has 0 amide bonds. The van der Waals surface area contributed by atoms with Gasteiger partial charge < -0.3 is 10.1 Å². The van der Waals surface area contributed by atoms with E-state index in [2.05, 4.69) is 5.32 Å². The quantitative estimate of drug-likeness (QED) is 0.855. The van der Waals surface area contributed by atoms with E-state index in [4.69, 9.17) is 4.74 Å². The smallest absolute Gasteiger partial charge is 0.391 e. The first-order valence-electron chi connectivity index (χ1n) is 6.51. The molecule has 2 aromatic rings. The first-order chi connectivity index (χ1) is 9.99. The molecule has 1 atom stereocenters. The third kappa shape index (κ3) is 4.41. The monoisotopic (exact) mass is 295 g/mol. The highest BCUT2D eigenvalue weighted by atomic mass is 19.4. The molecule has 0 aliphatic carbocycles. The number of para-hydroxylation sites is 2. The van der Waals surface area contributed by atoms with Crippen molar-refractivity contribution in [3.05, 3.63) is 60.2 Å². The normalized spacial score (nSPS) is 12.8. The molecule has 0 aliphatic heterocycles. The van der Waals surface area contributed by atoms with Crippen molar-refractivity contribution in [1.82, 2.24) is 0 Å². The summed E-state index contributed by atoms with van der Waals surface area (Å²) in [5.41, 5.74) is 1.12. The number of anilines is 1. The Kier molecular flexibility index (Phi) is 4.73. The molecule has 21 heavy (non-hydrogen) atoms. The molecule has 0 spiro atoms. The van der Waals surface area contributed by atoms with Gasteiger partial charge in [-0.05, 0) is 17.7 Å². The molecule has 0 aliphatic rings. The lowest BCUT2D eigenvalue weighted by Gasteiger charge is -2.23. The Morgan fingerprint density at radius 1 is 1.00 bits per heavy atom. The summed E-state index contributed by atoms with van der Waals surface area (Å²) < 4.78 is 43.6. The number of halogens is 3. The number of hydrogen-bond acceptors (Lipinski definition) is 2. The lowest BCUT2D eigenvalue weighted by Crippen LogP contribution is -2.20. The molecule has 2 aromatic carbocycles. The van der Waals surface area contributed by atoms with Gasteiger partial charge in [0, 0.05) is 0 Å². The second-order valence-corrected chi connectivity index (χ2v) is 4.63. The molecule has 0 radical (unpaired) electrons. The van der Waals surface area contributed by atoms with Crippen molar-refractivity contribution in [1.29, 1.82) is 0 Å². The second-order valence-electron chi connectivity index (χ2n) is 4.63. The van der Waals surface area contributed by atoms with Crippen molar-refractivity contribution >= 4 is 5.69 Å². The lowest BCUT2D eigenvalue weighted by atomic mass is 10.0. The van der Waals surface area contributed by atoms with Crippen LogP contribution in [0, 0.1) is 0 Å². The summed E-state index contributed by atoms with van der Waals surface area (Å²) in [6.07, 6.45) is -5.20. The molecule has 0 bridgehead atoms. The number of ether oxygens (including phenoxy) is 1. The Bertz CT molecular complexity index is 569. The van der Waals surface area contributed by atoms with E-state index in [0.29, 0.717) is 17.0 Å². The molecular weight excluding hydrogens is 279 g/mol. The molecular formula is C16H16F3NO. The van der Waals surface area contributed by atoms with Crippen molar-refractivity contribution in [3.8, 4) is 5.75 Å². The van der Waals surface area contributed by atoms with Gasteiger partial charge in [-0.25, -0.2) is 0 Å². The minimum Gasteiger partial charge on any atom is -0.495 e. The van der Waals surface area contributed by atoms with E-state index in [9.17, 15) is 13.2 Å². The van der Waals surface area contributed by atoms with Crippen LogP contribution < -0.4 is 10.1 Å². The molecule has 0 saturated heterocycles. The van der Waals surface area contributed by atoms with Crippen LogP contribution in [0.15, 0.2) is 54.6 Å². The first-order valence-corrected chi connectivity index (χ1v) is 6.51. The van der Waals surface area contributed by atoms with Gasteiger partial charge in [-0.1, -0.05) is 42.5 Å². The molecule has 112 valence electrons. The molecule has 5 heteroatoms. The van der Waals surface area contributed by atoms with E-state index < -0.39 is 18.6 Å². The summed E-state index contributed by atoms with van der Waals surface area (Å²) in [4.78, 5) is 0. The fourth-order valence-electron chi connectivity index (χ4n) is 2.12. The van der Waals surface area contributed by atoms with Crippen LogP contribution in [-0.2, 0) is 0 Å². The molecule has 0 saturated carbocycles. The second kappa shape index (κ2) is 6.52. The van der Waals surface area contributed by atoms with Gasteiger partial charge in [-0.3, -0.25) is 0 Å². The summed E-state index contributed by atoms with van der Waals surface area (Å²) in [6, 6.07) is 14.7. The number of benzene rings is 2. The van der Waals surface area contributed by atoms with Crippen molar-refractivity contribution < 1.29 is 17.9 Å². The summed E-state index contributed by atoms with van der Waals surface area (Å²) >= 11 is 0. The van der Waals surface area contributed by atoms with E-state index in [-0.39, 0.29) is 0 Å². The predicted molar refractivity (Wildman–Crippen MR) is 76.5 cm³/mol. The maximum absolute atomic E-state index is 12.8.